The summed E-state index contributed by atoms with van der Waals surface area (Å²) in [5.41, 5.74) is 1.14. The summed E-state index contributed by atoms with van der Waals surface area (Å²) in [6.45, 7) is 6.02. The minimum atomic E-state index is -1.56. The van der Waals surface area contributed by atoms with Crippen molar-refractivity contribution in [3.05, 3.63) is 29.8 Å². The van der Waals surface area contributed by atoms with Crippen LogP contribution in [0.1, 0.15) is 71.3 Å². The first-order chi connectivity index (χ1) is 10.6. The third-order valence-electron chi connectivity index (χ3n) is 3.73. The van der Waals surface area contributed by atoms with Crippen molar-refractivity contribution in [2.45, 2.75) is 78.1 Å². The molecule has 3 heteroatoms. The summed E-state index contributed by atoms with van der Waals surface area (Å²) >= 11 is 0. The van der Waals surface area contributed by atoms with Crippen LogP contribution in [0.2, 0.25) is 0 Å². The molecule has 0 saturated heterocycles. The third-order valence-corrected chi connectivity index (χ3v) is 3.73. The van der Waals surface area contributed by atoms with Crippen molar-refractivity contribution in [2.24, 2.45) is 0 Å². The van der Waals surface area contributed by atoms with Crippen LogP contribution in [-0.4, -0.2) is 17.7 Å². The van der Waals surface area contributed by atoms with Gasteiger partial charge in [-0.1, -0.05) is 63.6 Å². The Labute approximate surface area is 135 Å². The Hall–Kier alpha value is -1.06. The lowest BCUT2D eigenvalue weighted by molar-refractivity contribution is -0.305. The molecule has 0 saturated carbocycles. The molecule has 0 radical (unpaired) electrons. The zero-order chi connectivity index (χ0) is 16.3. The zero-order valence-corrected chi connectivity index (χ0v) is 14.4. The topological polar surface area (TPSA) is 38.7 Å². The molecule has 0 bridgehead atoms. The quantitative estimate of drug-likeness (QED) is 0.433. The predicted octanol–water partition coefficient (Wildman–Crippen LogP) is 5.06. The summed E-state index contributed by atoms with van der Waals surface area (Å²) in [4.78, 5) is 0. The third kappa shape index (κ3) is 7.81. The monoisotopic (exact) mass is 308 g/mol. The number of benzene rings is 1. The minimum absolute atomic E-state index is 0.410. The normalized spacial score (nSPS) is 13.8. The van der Waals surface area contributed by atoms with Crippen molar-refractivity contribution in [2.75, 3.05) is 6.61 Å². The first kappa shape index (κ1) is 19.0. The molecule has 0 aromatic heterocycles. The zero-order valence-electron chi connectivity index (χ0n) is 14.4. The van der Waals surface area contributed by atoms with E-state index in [0.717, 1.165) is 18.4 Å². The number of unbranched alkanes of at least 4 members (excludes halogenated alkanes) is 6. The van der Waals surface area contributed by atoms with Crippen LogP contribution in [0.15, 0.2) is 24.3 Å². The number of rotatable bonds is 12. The van der Waals surface area contributed by atoms with Gasteiger partial charge in [-0.25, -0.2) is 0 Å². The molecule has 0 fully saturated rings. The molecule has 1 aromatic rings. The van der Waals surface area contributed by atoms with Gasteiger partial charge in [-0.15, -0.1) is 0 Å². The number of ether oxygens (including phenoxy) is 2. The van der Waals surface area contributed by atoms with E-state index in [4.69, 9.17) is 9.47 Å². The highest BCUT2D eigenvalue weighted by molar-refractivity contribution is 5.33. The second kappa shape index (κ2) is 10.6. The van der Waals surface area contributed by atoms with Crippen molar-refractivity contribution in [1.29, 1.82) is 0 Å². The van der Waals surface area contributed by atoms with Gasteiger partial charge in [0.05, 0.1) is 6.61 Å². The minimum Gasteiger partial charge on any atom is -0.439 e. The van der Waals surface area contributed by atoms with Crippen molar-refractivity contribution >= 4 is 0 Å². The van der Waals surface area contributed by atoms with E-state index in [1.807, 2.05) is 25.1 Å². The molecule has 0 aliphatic carbocycles. The van der Waals surface area contributed by atoms with Gasteiger partial charge in [-0.05, 0) is 31.4 Å². The second-order valence-corrected chi connectivity index (χ2v) is 5.91. The van der Waals surface area contributed by atoms with Gasteiger partial charge in [0.25, 0.3) is 0 Å². The van der Waals surface area contributed by atoms with E-state index in [1.54, 1.807) is 0 Å². The Morgan fingerprint density at radius 1 is 0.955 bits per heavy atom. The van der Waals surface area contributed by atoms with E-state index in [-0.39, 0.29) is 0 Å². The van der Waals surface area contributed by atoms with Gasteiger partial charge < -0.3 is 14.6 Å². The highest BCUT2D eigenvalue weighted by atomic mass is 16.8. The molecule has 0 amide bonds. The molecule has 3 nitrogen and oxygen atoms in total. The van der Waals surface area contributed by atoms with Gasteiger partial charge in [0.15, 0.2) is 0 Å². The lowest BCUT2D eigenvalue weighted by Gasteiger charge is -2.25. The molecule has 1 atom stereocenters. The van der Waals surface area contributed by atoms with Gasteiger partial charge in [-0.3, -0.25) is 0 Å². The van der Waals surface area contributed by atoms with E-state index in [0.29, 0.717) is 12.4 Å². The highest BCUT2D eigenvalue weighted by Gasteiger charge is 2.23. The summed E-state index contributed by atoms with van der Waals surface area (Å²) in [7, 11) is 0. The summed E-state index contributed by atoms with van der Waals surface area (Å²) in [5.74, 6) is -0.850. The highest BCUT2D eigenvalue weighted by Crippen LogP contribution is 2.24. The molecule has 1 unspecified atom stereocenters. The van der Waals surface area contributed by atoms with Crippen LogP contribution >= 0.6 is 0 Å². The molecule has 126 valence electrons. The average molecular weight is 308 g/mol. The SMILES string of the molecule is CCCCCCCCCc1ccccc1OC(C)(O)OCC. The maximum absolute atomic E-state index is 10.0. The first-order valence-corrected chi connectivity index (χ1v) is 8.72. The summed E-state index contributed by atoms with van der Waals surface area (Å²) in [5, 5.41) is 10.0. The predicted molar refractivity (Wildman–Crippen MR) is 91.0 cm³/mol. The van der Waals surface area contributed by atoms with Crippen LogP contribution < -0.4 is 4.74 Å². The van der Waals surface area contributed by atoms with Crippen LogP contribution in [0.25, 0.3) is 0 Å². The Balaban J connectivity index is 2.40. The lowest BCUT2D eigenvalue weighted by Crippen LogP contribution is -2.35. The van der Waals surface area contributed by atoms with Gasteiger partial charge in [-0.2, -0.15) is 0 Å². The Bertz CT molecular complexity index is 401. The van der Waals surface area contributed by atoms with Crippen LogP contribution in [0.5, 0.6) is 5.75 Å². The Kier molecular flexibility index (Phi) is 9.17. The van der Waals surface area contributed by atoms with E-state index >= 15 is 0 Å². The van der Waals surface area contributed by atoms with E-state index in [1.165, 1.54) is 45.4 Å². The fraction of sp³-hybridized carbons (Fsp3) is 0.684. The summed E-state index contributed by atoms with van der Waals surface area (Å²) < 4.78 is 10.8. The molecule has 1 N–H and O–H groups in total. The molecule has 0 aliphatic rings. The van der Waals surface area contributed by atoms with Gasteiger partial charge in [0.1, 0.15) is 5.75 Å². The van der Waals surface area contributed by atoms with Crippen LogP contribution in [0.3, 0.4) is 0 Å². The lowest BCUT2D eigenvalue weighted by atomic mass is 10.0. The molecule has 0 heterocycles. The average Bonchev–Trinajstić information content (AvgIpc) is 2.47. The molecule has 0 aliphatic heterocycles. The maximum atomic E-state index is 10.0. The summed E-state index contributed by atoms with van der Waals surface area (Å²) in [6, 6.07) is 7.89. The van der Waals surface area contributed by atoms with Gasteiger partial charge >= 0.3 is 5.97 Å². The number of aliphatic hydroxyl groups is 1. The first-order valence-electron chi connectivity index (χ1n) is 8.72. The molecule has 22 heavy (non-hydrogen) atoms. The molecule has 0 spiro atoms. The van der Waals surface area contributed by atoms with Crippen LogP contribution in [0, 0.1) is 0 Å². The fourth-order valence-electron chi connectivity index (χ4n) is 2.58. The summed E-state index contributed by atoms with van der Waals surface area (Å²) in [6.07, 6.45) is 10.0. The number of hydrogen-bond acceptors (Lipinski definition) is 3. The standard InChI is InChI=1S/C19H32O3/c1-4-6-7-8-9-10-11-14-17-15-12-13-16-18(17)22-19(3,20)21-5-2/h12-13,15-16,20H,4-11,14H2,1-3H3. The smallest absolute Gasteiger partial charge is 0.321 e. The molecular formula is C19H32O3. The fourth-order valence-corrected chi connectivity index (χ4v) is 2.58. The largest absolute Gasteiger partial charge is 0.439 e. The molecular weight excluding hydrogens is 276 g/mol. The van der Waals surface area contributed by atoms with Gasteiger partial charge in [0, 0.05) is 6.92 Å². The second-order valence-electron chi connectivity index (χ2n) is 5.91. The van der Waals surface area contributed by atoms with E-state index in [9.17, 15) is 5.11 Å². The van der Waals surface area contributed by atoms with E-state index < -0.39 is 5.97 Å². The number of para-hydroxylation sites is 1. The number of aryl methyl sites for hydroxylation is 1. The Morgan fingerprint density at radius 2 is 1.59 bits per heavy atom. The van der Waals surface area contributed by atoms with Crippen LogP contribution in [-0.2, 0) is 11.2 Å². The maximum Gasteiger partial charge on any atom is 0.321 e. The van der Waals surface area contributed by atoms with Crippen molar-refractivity contribution in [3.63, 3.8) is 0 Å². The molecule has 1 rings (SSSR count). The number of hydrogen-bond donors (Lipinski definition) is 1. The van der Waals surface area contributed by atoms with Gasteiger partial charge in [0.2, 0.25) is 0 Å². The van der Waals surface area contributed by atoms with Crippen molar-refractivity contribution in [3.8, 4) is 5.75 Å². The van der Waals surface area contributed by atoms with E-state index in [2.05, 4.69) is 13.0 Å². The Morgan fingerprint density at radius 3 is 2.27 bits per heavy atom. The molecule has 1 aromatic carbocycles. The van der Waals surface area contributed by atoms with Crippen molar-refractivity contribution < 1.29 is 14.6 Å². The van der Waals surface area contributed by atoms with Crippen molar-refractivity contribution in [1.82, 2.24) is 0 Å². The van der Waals surface area contributed by atoms with Crippen LogP contribution in [0.4, 0.5) is 0 Å².